The van der Waals surface area contributed by atoms with Crippen molar-refractivity contribution in [3.63, 3.8) is 0 Å². The highest BCUT2D eigenvalue weighted by molar-refractivity contribution is 9.13. The highest BCUT2D eigenvalue weighted by Crippen LogP contribution is 2.52. The number of hydrogen-bond acceptors (Lipinski definition) is 2. The maximum atomic E-state index is 13.0. The van der Waals surface area contributed by atoms with Gasteiger partial charge in [-0.05, 0) is 106 Å². The molecule has 2 nitrogen and oxygen atoms in total. The van der Waals surface area contributed by atoms with Crippen LogP contribution < -0.4 is 0 Å². The van der Waals surface area contributed by atoms with Crippen LogP contribution in [0.2, 0.25) is 0 Å². The highest BCUT2D eigenvalue weighted by Gasteiger charge is 2.49. The Balaban J connectivity index is 1.72. The number of benzene rings is 4. The zero-order valence-electron chi connectivity index (χ0n) is 14.5. The lowest BCUT2D eigenvalue weighted by Crippen LogP contribution is -2.40. The van der Waals surface area contributed by atoms with E-state index >= 15 is 0 Å². The van der Waals surface area contributed by atoms with E-state index in [-0.39, 0.29) is 11.6 Å². The van der Waals surface area contributed by atoms with Crippen LogP contribution in [0.4, 0.5) is 0 Å². The van der Waals surface area contributed by atoms with Crippen LogP contribution in [0.25, 0.3) is 21.5 Å². The Bertz CT molecular complexity index is 1390. The summed E-state index contributed by atoms with van der Waals surface area (Å²) < 4.78 is 1.93. The number of carbonyl (C=O) groups excluding carboxylic acids is 2. The molecule has 0 saturated heterocycles. The molecule has 134 valence electrons. The molecule has 0 heterocycles. The maximum Gasteiger partial charge on any atom is 0.211 e. The van der Waals surface area contributed by atoms with Crippen molar-refractivity contribution in [2.24, 2.45) is 0 Å². The fraction of sp³-hybridized carbons (Fsp3) is 0.0833. The second kappa shape index (κ2) is 5.62. The Morgan fingerprint density at radius 1 is 0.607 bits per heavy atom. The summed E-state index contributed by atoms with van der Waals surface area (Å²) in [7, 11) is 0. The molecular weight excluding hydrogens is 480 g/mol. The van der Waals surface area contributed by atoms with Gasteiger partial charge in [0.25, 0.3) is 0 Å². The third-order valence-corrected chi connectivity index (χ3v) is 8.12. The number of rotatable bonds is 0. The normalized spacial score (nSPS) is 19.9. The van der Waals surface area contributed by atoms with Gasteiger partial charge in [-0.3, -0.25) is 9.59 Å². The van der Waals surface area contributed by atoms with E-state index in [0.29, 0.717) is 0 Å². The molecule has 3 aliphatic rings. The SMILES string of the molecule is O=C1C(=O)C2c3cc4ccccc4cc3C1c1cc3ccc(Br)c(Br)c3cc12. The minimum atomic E-state index is -0.512. The first kappa shape index (κ1) is 16.6. The molecule has 0 aromatic heterocycles. The van der Waals surface area contributed by atoms with Crippen molar-refractivity contribution < 1.29 is 9.59 Å². The number of fused-ring (bicyclic) bond motifs is 3. The lowest BCUT2D eigenvalue weighted by Gasteiger charge is -2.38. The largest absolute Gasteiger partial charge is 0.290 e. The van der Waals surface area contributed by atoms with Crippen molar-refractivity contribution in [3.8, 4) is 0 Å². The van der Waals surface area contributed by atoms with Gasteiger partial charge in [-0.1, -0.05) is 30.3 Å². The van der Waals surface area contributed by atoms with E-state index in [9.17, 15) is 9.59 Å². The molecule has 3 aliphatic carbocycles. The smallest absolute Gasteiger partial charge is 0.211 e. The third kappa shape index (κ3) is 2.02. The van der Waals surface area contributed by atoms with E-state index in [0.717, 1.165) is 52.7 Å². The zero-order valence-corrected chi connectivity index (χ0v) is 17.7. The van der Waals surface area contributed by atoms with Crippen molar-refractivity contribution in [2.75, 3.05) is 0 Å². The molecule has 0 N–H and O–H groups in total. The van der Waals surface area contributed by atoms with E-state index < -0.39 is 11.8 Å². The van der Waals surface area contributed by atoms with Crippen LogP contribution in [-0.4, -0.2) is 11.6 Å². The standard InChI is InChI=1S/C24H12Br2O2/c25-19-6-5-13-9-17-18(10-14(13)22(19)26)21-16-8-12-4-2-1-3-11(12)7-15(16)20(17)23(27)24(21)28/h1-10,20-21H. The molecule has 4 aromatic rings. The quantitative estimate of drug-likeness (QED) is 0.272. The van der Waals surface area contributed by atoms with Crippen molar-refractivity contribution in [1.82, 2.24) is 0 Å². The van der Waals surface area contributed by atoms with Crippen LogP contribution in [0.5, 0.6) is 0 Å². The van der Waals surface area contributed by atoms with Gasteiger partial charge in [-0.2, -0.15) is 0 Å². The molecule has 0 amide bonds. The molecule has 4 aromatic carbocycles. The van der Waals surface area contributed by atoms with Crippen LogP contribution in [0.15, 0.2) is 69.6 Å². The summed E-state index contributed by atoms with van der Waals surface area (Å²) in [5.74, 6) is -1.58. The third-order valence-electron chi connectivity index (χ3n) is 6.07. The van der Waals surface area contributed by atoms with Gasteiger partial charge in [0.2, 0.25) is 11.6 Å². The Morgan fingerprint density at radius 3 is 1.68 bits per heavy atom. The summed E-state index contributed by atoms with van der Waals surface area (Å²) >= 11 is 7.21. The molecule has 0 spiro atoms. The van der Waals surface area contributed by atoms with Crippen LogP contribution in [0.1, 0.15) is 34.1 Å². The molecule has 0 saturated carbocycles. The van der Waals surface area contributed by atoms with Crippen molar-refractivity contribution in [2.45, 2.75) is 11.8 Å². The first-order valence-corrected chi connectivity index (χ1v) is 10.7. The van der Waals surface area contributed by atoms with E-state index in [2.05, 4.69) is 68.3 Å². The van der Waals surface area contributed by atoms with E-state index in [4.69, 9.17) is 0 Å². The molecule has 28 heavy (non-hydrogen) atoms. The minimum Gasteiger partial charge on any atom is -0.290 e. The summed E-state index contributed by atoms with van der Waals surface area (Å²) in [6.45, 7) is 0. The summed E-state index contributed by atoms with van der Waals surface area (Å²) in [5.41, 5.74) is 3.89. The van der Waals surface area contributed by atoms with Gasteiger partial charge in [-0.25, -0.2) is 0 Å². The first-order chi connectivity index (χ1) is 13.5. The van der Waals surface area contributed by atoms with Gasteiger partial charge in [0.05, 0.1) is 11.8 Å². The molecule has 7 rings (SSSR count). The average Bonchev–Trinajstić information content (AvgIpc) is 2.71. The monoisotopic (exact) mass is 490 g/mol. The van der Waals surface area contributed by atoms with E-state index in [1.54, 1.807) is 0 Å². The minimum absolute atomic E-state index is 0.282. The molecule has 2 atom stereocenters. The van der Waals surface area contributed by atoms with Crippen molar-refractivity contribution >= 4 is 65.0 Å². The van der Waals surface area contributed by atoms with Crippen LogP contribution in [0.3, 0.4) is 0 Å². The zero-order chi connectivity index (χ0) is 19.2. The number of halogens is 2. The second-order valence-electron chi connectivity index (χ2n) is 7.49. The van der Waals surface area contributed by atoms with E-state index in [1.165, 1.54) is 0 Å². The molecule has 2 unspecified atom stereocenters. The topological polar surface area (TPSA) is 34.1 Å². The van der Waals surface area contributed by atoms with Gasteiger partial charge in [0.1, 0.15) is 0 Å². The van der Waals surface area contributed by atoms with Crippen molar-refractivity contribution in [3.05, 3.63) is 91.9 Å². The Morgan fingerprint density at radius 2 is 1.11 bits per heavy atom. The fourth-order valence-corrected chi connectivity index (χ4v) is 5.62. The molecule has 0 fully saturated rings. The van der Waals surface area contributed by atoms with Crippen molar-refractivity contribution in [1.29, 1.82) is 0 Å². The number of Topliss-reactive ketones (excluding diaryl/α,β-unsaturated/α-hetero) is 2. The summed E-state index contributed by atoms with van der Waals surface area (Å²) in [4.78, 5) is 25.9. The summed E-state index contributed by atoms with van der Waals surface area (Å²) in [6, 6.07) is 20.5. The van der Waals surface area contributed by atoms with Gasteiger partial charge in [-0.15, -0.1) is 0 Å². The van der Waals surface area contributed by atoms with Gasteiger partial charge in [0.15, 0.2) is 0 Å². The summed E-state index contributed by atoms with van der Waals surface area (Å²) in [6.07, 6.45) is 0. The maximum absolute atomic E-state index is 13.0. The Labute approximate surface area is 177 Å². The fourth-order valence-electron chi connectivity index (χ4n) is 4.80. The van der Waals surface area contributed by atoms with Gasteiger partial charge in [0, 0.05) is 8.95 Å². The molecule has 0 aliphatic heterocycles. The predicted molar refractivity (Wildman–Crippen MR) is 117 cm³/mol. The first-order valence-electron chi connectivity index (χ1n) is 9.07. The number of hydrogen-bond donors (Lipinski definition) is 0. The molecule has 2 bridgehead atoms. The Hall–Kier alpha value is -2.30. The van der Waals surface area contributed by atoms with Crippen LogP contribution >= 0.6 is 31.9 Å². The molecule has 0 radical (unpaired) electrons. The average molecular weight is 492 g/mol. The number of carbonyl (C=O) groups is 2. The Kier molecular flexibility index (Phi) is 3.34. The highest BCUT2D eigenvalue weighted by atomic mass is 79.9. The molecule has 4 heteroatoms. The van der Waals surface area contributed by atoms with Crippen LogP contribution in [-0.2, 0) is 9.59 Å². The van der Waals surface area contributed by atoms with Crippen LogP contribution in [0, 0.1) is 0 Å². The van der Waals surface area contributed by atoms with E-state index in [1.807, 2.05) is 24.3 Å². The second-order valence-corrected chi connectivity index (χ2v) is 9.13. The lowest BCUT2D eigenvalue weighted by molar-refractivity contribution is -0.138. The predicted octanol–water partition coefficient (Wildman–Crippen LogP) is 6.25. The lowest BCUT2D eigenvalue weighted by atomic mass is 9.62. The summed E-state index contributed by atoms with van der Waals surface area (Å²) in [5, 5.41) is 4.30. The van der Waals surface area contributed by atoms with Gasteiger partial charge < -0.3 is 0 Å². The molecular formula is C24H12Br2O2. The number of ketones is 2. The van der Waals surface area contributed by atoms with Gasteiger partial charge >= 0.3 is 0 Å².